The van der Waals surface area contributed by atoms with Gasteiger partial charge in [0.1, 0.15) is 0 Å². The van der Waals surface area contributed by atoms with E-state index in [1.54, 1.807) is 30.1 Å². The molecule has 1 unspecified atom stereocenters. The molecule has 0 aromatic heterocycles. The second kappa shape index (κ2) is 8.61. The molecule has 2 aromatic rings. The fourth-order valence-electron chi connectivity index (χ4n) is 4.40. The number of ether oxygens (including phenoxy) is 1. The van der Waals surface area contributed by atoms with Gasteiger partial charge in [-0.1, -0.05) is 12.1 Å². The summed E-state index contributed by atoms with van der Waals surface area (Å²) in [5.41, 5.74) is 3.76. The summed E-state index contributed by atoms with van der Waals surface area (Å²) in [5, 5.41) is 0. The molecule has 31 heavy (non-hydrogen) atoms. The van der Waals surface area contributed by atoms with E-state index in [9.17, 15) is 13.2 Å². The van der Waals surface area contributed by atoms with Crippen LogP contribution in [-0.4, -0.2) is 58.0 Å². The molecule has 0 spiro atoms. The minimum atomic E-state index is -3.64. The smallest absolute Gasteiger partial charge is 0.243 e. The lowest BCUT2D eigenvalue weighted by Gasteiger charge is -2.29. The van der Waals surface area contributed by atoms with Gasteiger partial charge in [-0.15, -0.1) is 0 Å². The second-order valence-electron chi connectivity index (χ2n) is 8.26. The van der Waals surface area contributed by atoms with Gasteiger partial charge < -0.3 is 14.5 Å². The van der Waals surface area contributed by atoms with Gasteiger partial charge in [-0.25, -0.2) is 8.42 Å². The molecule has 1 atom stereocenters. The number of anilines is 2. The van der Waals surface area contributed by atoms with E-state index < -0.39 is 10.0 Å². The van der Waals surface area contributed by atoms with E-state index in [4.69, 9.17) is 4.74 Å². The first-order valence-electron chi connectivity index (χ1n) is 10.6. The zero-order valence-electron chi connectivity index (χ0n) is 18.2. The number of benzene rings is 2. The number of rotatable bonds is 5. The number of carbonyl (C=O) groups excluding carboxylic acids is 1. The molecular weight excluding hydrogens is 414 g/mol. The third-order valence-corrected chi connectivity index (χ3v) is 7.83. The number of amides is 1. The molecule has 0 N–H and O–H groups in total. The van der Waals surface area contributed by atoms with Gasteiger partial charge in [-0.2, -0.15) is 4.31 Å². The number of morpholine rings is 1. The highest BCUT2D eigenvalue weighted by Crippen LogP contribution is 2.34. The van der Waals surface area contributed by atoms with Gasteiger partial charge in [0, 0.05) is 51.0 Å². The Hall–Kier alpha value is -2.42. The molecule has 2 aliphatic heterocycles. The van der Waals surface area contributed by atoms with Crippen molar-refractivity contribution in [3.05, 3.63) is 53.6 Å². The third-order valence-electron chi connectivity index (χ3n) is 6.03. The Kier molecular flexibility index (Phi) is 6.05. The molecule has 2 aliphatic rings. The predicted octanol–water partition coefficient (Wildman–Crippen LogP) is 2.64. The number of hydrogen-bond donors (Lipinski definition) is 0. The summed E-state index contributed by atoms with van der Waals surface area (Å²) in [6.07, 6.45) is 0.658. The van der Waals surface area contributed by atoms with Crippen molar-refractivity contribution in [2.45, 2.75) is 37.8 Å². The molecule has 2 heterocycles. The van der Waals surface area contributed by atoms with Crippen molar-refractivity contribution in [3.63, 3.8) is 0 Å². The molecule has 0 aliphatic carbocycles. The highest BCUT2D eigenvalue weighted by Gasteiger charge is 2.31. The highest BCUT2D eigenvalue weighted by atomic mass is 32.2. The van der Waals surface area contributed by atoms with Crippen LogP contribution >= 0.6 is 0 Å². The van der Waals surface area contributed by atoms with Gasteiger partial charge >= 0.3 is 0 Å². The summed E-state index contributed by atoms with van der Waals surface area (Å²) in [5.74, 6) is -0.0282. The fraction of sp³-hybridized carbons (Fsp3) is 0.435. The van der Waals surface area contributed by atoms with E-state index in [0.29, 0.717) is 13.0 Å². The quantitative estimate of drug-likeness (QED) is 0.711. The molecule has 1 fully saturated rings. The lowest BCUT2D eigenvalue weighted by atomic mass is 10.1. The Labute approximate surface area is 184 Å². The maximum atomic E-state index is 13.2. The predicted molar refractivity (Wildman–Crippen MR) is 121 cm³/mol. The van der Waals surface area contributed by atoms with E-state index in [1.807, 2.05) is 31.2 Å². The van der Waals surface area contributed by atoms with Crippen LogP contribution in [0.25, 0.3) is 0 Å². The molecule has 1 saturated heterocycles. The van der Waals surface area contributed by atoms with Crippen LogP contribution in [-0.2, 0) is 32.5 Å². The van der Waals surface area contributed by atoms with Gasteiger partial charge in [-0.3, -0.25) is 4.79 Å². The van der Waals surface area contributed by atoms with Crippen LogP contribution in [0, 0.1) is 0 Å². The van der Waals surface area contributed by atoms with E-state index in [0.717, 1.165) is 48.8 Å². The Morgan fingerprint density at radius 1 is 1.13 bits per heavy atom. The van der Waals surface area contributed by atoms with Crippen molar-refractivity contribution < 1.29 is 17.9 Å². The molecule has 2 aromatic carbocycles. The summed E-state index contributed by atoms with van der Waals surface area (Å²) in [7, 11) is -2.04. The lowest BCUT2D eigenvalue weighted by molar-refractivity contribution is -0.116. The van der Waals surface area contributed by atoms with Crippen molar-refractivity contribution in [2.24, 2.45) is 0 Å². The average Bonchev–Trinajstić information content (AvgIpc) is 3.10. The van der Waals surface area contributed by atoms with Gasteiger partial charge in [0.05, 0.1) is 18.1 Å². The molecule has 7 nitrogen and oxygen atoms in total. The number of nitrogens with zero attached hydrogens (tertiary/aromatic N) is 3. The van der Waals surface area contributed by atoms with Crippen molar-refractivity contribution >= 4 is 27.3 Å². The number of fused-ring (bicyclic) bond motifs is 1. The first-order valence-corrected chi connectivity index (χ1v) is 12.0. The van der Waals surface area contributed by atoms with Gasteiger partial charge in [-0.05, 0) is 54.8 Å². The van der Waals surface area contributed by atoms with Gasteiger partial charge in [0.15, 0.2) is 0 Å². The molecule has 4 rings (SSSR count). The van der Waals surface area contributed by atoms with E-state index in [1.165, 1.54) is 11.2 Å². The second-order valence-corrected chi connectivity index (χ2v) is 10.3. The van der Waals surface area contributed by atoms with E-state index in [-0.39, 0.29) is 16.8 Å². The third kappa shape index (κ3) is 4.33. The minimum absolute atomic E-state index is 0.0282. The van der Waals surface area contributed by atoms with Crippen molar-refractivity contribution in [3.8, 4) is 0 Å². The lowest BCUT2D eigenvalue weighted by Crippen LogP contribution is -2.36. The molecule has 1 amide bonds. The van der Waals surface area contributed by atoms with Gasteiger partial charge in [0.25, 0.3) is 0 Å². The first-order chi connectivity index (χ1) is 14.8. The normalized spacial score (nSPS) is 19.0. The molecule has 0 bridgehead atoms. The van der Waals surface area contributed by atoms with Crippen molar-refractivity contribution in [2.75, 3.05) is 43.2 Å². The van der Waals surface area contributed by atoms with Crippen LogP contribution in [0.2, 0.25) is 0 Å². The van der Waals surface area contributed by atoms with Crippen LogP contribution in [0.3, 0.4) is 0 Å². The summed E-state index contributed by atoms with van der Waals surface area (Å²) >= 11 is 0. The standard InChI is InChI=1S/C23H29N3O4S/c1-17-14-20-15-22(8-9-23(20)26(17)18(2)27)31(28,29)24(3)16-19-4-6-21(7-5-19)25-10-12-30-13-11-25/h4-9,15,17H,10-14,16H2,1-3H3. The average molecular weight is 444 g/mol. The molecule has 8 heteroatoms. The van der Waals surface area contributed by atoms with Crippen molar-refractivity contribution in [1.82, 2.24) is 4.31 Å². The summed E-state index contributed by atoms with van der Waals surface area (Å²) in [6.45, 7) is 6.99. The Bertz CT molecular complexity index is 1060. The fourth-order valence-corrected chi connectivity index (χ4v) is 5.61. The van der Waals surface area contributed by atoms with Gasteiger partial charge in [0.2, 0.25) is 15.9 Å². The highest BCUT2D eigenvalue weighted by molar-refractivity contribution is 7.89. The number of hydrogen-bond acceptors (Lipinski definition) is 5. The summed E-state index contributed by atoms with van der Waals surface area (Å²) in [6, 6.07) is 13.1. The molecular formula is C23H29N3O4S. The number of carbonyl (C=O) groups is 1. The van der Waals surface area contributed by atoms with Crippen LogP contribution in [0.5, 0.6) is 0 Å². The monoisotopic (exact) mass is 443 g/mol. The first kappa shape index (κ1) is 21.8. The Morgan fingerprint density at radius 3 is 2.45 bits per heavy atom. The zero-order valence-corrected chi connectivity index (χ0v) is 19.1. The van der Waals surface area contributed by atoms with Crippen LogP contribution in [0.15, 0.2) is 47.4 Å². The minimum Gasteiger partial charge on any atom is -0.378 e. The molecule has 0 saturated carbocycles. The summed E-state index contributed by atoms with van der Waals surface area (Å²) in [4.78, 5) is 16.2. The summed E-state index contributed by atoms with van der Waals surface area (Å²) < 4.78 is 33.1. The van der Waals surface area contributed by atoms with Crippen LogP contribution in [0.4, 0.5) is 11.4 Å². The maximum absolute atomic E-state index is 13.2. The Balaban J connectivity index is 1.49. The number of sulfonamides is 1. The molecule has 166 valence electrons. The largest absolute Gasteiger partial charge is 0.378 e. The SMILES string of the molecule is CC(=O)N1c2ccc(S(=O)(=O)N(C)Cc3ccc(N4CCOCC4)cc3)cc2CC1C. The van der Waals surface area contributed by atoms with Crippen LogP contribution < -0.4 is 9.80 Å². The Morgan fingerprint density at radius 2 is 1.81 bits per heavy atom. The van der Waals surface area contributed by atoms with Crippen LogP contribution in [0.1, 0.15) is 25.0 Å². The topological polar surface area (TPSA) is 70.2 Å². The van der Waals surface area contributed by atoms with Crippen molar-refractivity contribution in [1.29, 1.82) is 0 Å². The van der Waals surface area contributed by atoms with E-state index >= 15 is 0 Å². The van der Waals surface area contributed by atoms with E-state index in [2.05, 4.69) is 4.90 Å². The maximum Gasteiger partial charge on any atom is 0.243 e. The zero-order chi connectivity index (χ0) is 22.2. The molecule has 0 radical (unpaired) electrons.